The van der Waals surface area contributed by atoms with Gasteiger partial charge in [0.1, 0.15) is 12.4 Å². The number of benzene rings is 2. The molecule has 122 valence electrons. The number of ether oxygens (including phenoxy) is 1. The second-order valence-corrected chi connectivity index (χ2v) is 5.61. The van der Waals surface area contributed by atoms with Gasteiger partial charge in [-0.25, -0.2) is 4.79 Å². The first-order chi connectivity index (χ1) is 11.6. The Bertz CT molecular complexity index is 943. The zero-order chi connectivity index (χ0) is 16.9. The molecule has 0 amide bonds. The van der Waals surface area contributed by atoms with E-state index in [0.717, 1.165) is 16.9 Å². The minimum atomic E-state index is -0.485. The van der Waals surface area contributed by atoms with Crippen LogP contribution in [-0.2, 0) is 13.0 Å². The van der Waals surface area contributed by atoms with E-state index in [4.69, 9.17) is 4.74 Å². The molecule has 3 aromatic rings. The number of hydrogen-bond acceptors (Lipinski definition) is 3. The Kier molecular flexibility index (Phi) is 4.61. The van der Waals surface area contributed by atoms with E-state index < -0.39 is 5.69 Å². The molecule has 0 bridgehead atoms. The minimum Gasteiger partial charge on any atom is -0.489 e. The van der Waals surface area contributed by atoms with Crippen LogP contribution < -0.4 is 16.0 Å². The Morgan fingerprint density at radius 3 is 2.42 bits per heavy atom. The van der Waals surface area contributed by atoms with E-state index in [9.17, 15) is 9.59 Å². The summed E-state index contributed by atoms with van der Waals surface area (Å²) in [7, 11) is 0. The summed E-state index contributed by atoms with van der Waals surface area (Å²) in [5.41, 5.74) is 2.33. The normalized spacial score (nSPS) is 10.5. The largest absolute Gasteiger partial charge is 0.489 e. The van der Waals surface area contributed by atoms with E-state index in [1.807, 2.05) is 54.6 Å². The number of rotatable bonds is 5. The molecule has 5 heteroatoms. The van der Waals surface area contributed by atoms with Crippen LogP contribution in [0.2, 0.25) is 0 Å². The van der Waals surface area contributed by atoms with Crippen molar-refractivity contribution in [1.29, 1.82) is 0 Å². The van der Waals surface area contributed by atoms with Crippen LogP contribution in [0.1, 0.15) is 22.4 Å². The fourth-order valence-corrected chi connectivity index (χ4v) is 2.53. The number of aromatic amines is 2. The average Bonchev–Trinajstić information content (AvgIpc) is 2.58. The van der Waals surface area contributed by atoms with E-state index in [0.29, 0.717) is 24.3 Å². The van der Waals surface area contributed by atoms with Crippen molar-refractivity contribution in [1.82, 2.24) is 9.97 Å². The summed E-state index contributed by atoms with van der Waals surface area (Å²) < 4.78 is 5.81. The molecule has 3 rings (SSSR count). The SMILES string of the molecule is Cc1[nH]c(=O)[nH]c(=O)c1Cc1cccc(OCc2ccccc2)c1. The van der Waals surface area contributed by atoms with Crippen LogP contribution in [0, 0.1) is 6.92 Å². The van der Waals surface area contributed by atoms with Gasteiger partial charge in [0.05, 0.1) is 0 Å². The van der Waals surface area contributed by atoms with Gasteiger partial charge in [-0.15, -0.1) is 0 Å². The van der Waals surface area contributed by atoms with Crippen molar-refractivity contribution >= 4 is 0 Å². The van der Waals surface area contributed by atoms with E-state index in [1.54, 1.807) is 6.92 Å². The van der Waals surface area contributed by atoms with Crippen molar-refractivity contribution < 1.29 is 4.74 Å². The van der Waals surface area contributed by atoms with Gasteiger partial charge in [-0.2, -0.15) is 0 Å². The van der Waals surface area contributed by atoms with Gasteiger partial charge >= 0.3 is 5.69 Å². The van der Waals surface area contributed by atoms with E-state index >= 15 is 0 Å². The lowest BCUT2D eigenvalue weighted by Crippen LogP contribution is -2.27. The van der Waals surface area contributed by atoms with Gasteiger partial charge in [0.2, 0.25) is 0 Å². The van der Waals surface area contributed by atoms with Crippen molar-refractivity contribution in [3.05, 3.63) is 97.8 Å². The number of hydrogen-bond donors (Lipinski definition) is 2. The Hall–Kier alpha value is -3.08. The minimum absolute atomic E-state index is 0.355. The molecule has 2 N–H and O–H groups in total. The summed E-state index contributed by atoms with van der Waals surface area (Å²) in [6, 6.07) is 17.5. The van der Waals surface area contributed by atoms with Gasteiger partial charge in [-0.3, -0.25) is 9.78 Å². The molecule has 0 unspecified atom stereocenters. The lowest BCUT2D eigenvalue weighted by molar-refractivity contribution is 0.306. The molecule has 0 atom stereocenters. The molecule has 24 heavy (non-hydrogen) atoms. The predicted molar refractivity (Wildman–Crippen MR) is 92.4 cm³/mol. The quantitative estimate of drug-likeness (QED) is 0.758. The highest BCUT2D eigenvalue weighted by atomic mass is 16.5. The predicted octanol–water partition coefficient (Wildman–Crippen LogP) is 2.54. The van der Waals surface area contributed by atoms with Crippen molar-refractivity contribution in [3.8, 4) is 5.75 Å². The van der Waals surface area contributed by atoms with E-state index in [2.05, 4.69) is 9.97 Å². The number of nitrogens with one attached hydrogen (secondary N) is 2. The highest BCUT2D eigenvalue weighted by Gasteiger charge is 2.07. The third-order valence-electron chi connectivity index (χ3n) is 3.78. The lowest BCUT2D eigenvalue weighted by Gasteiger charge is -2.09. The summed E-state index contributed by atoms with van der Waals surface area (Å²) in [6.45, 7) is 2.21. The maximum Gasteiger partial charge on any atom is 0.325 e. The third kappa shape index (κ3) is 3.81. The average molecular weight is 322 g/mol. The van der Waals surface area contributed by atoms with E-state index in [-0.39, 0.29) is 5.56 Å². The van der Waals surface area contributed by atoms with Crippen LogP contribution in [-0.4, -0.2) is 9.97 Å². The summed E-state index contributed by atoms with van der Waals surface area (Å²) in [4.78, 5) is 28.1. The Morgan fingerprint density at radius 2 is 1.67 bits per heavy atom. The summed E-state index contributed by atoms with van der Waals surface area (Å²) in [5, 5.41) is 0. The molecule has 0 saturated heterocycles. The van der Waals surface area contributed by atoms with Gasteiger partial charge in [-0.05, 0) is 30.2 Å². The molecule has 5 nitrogen and oxygen atoms in total. The number of aromatic nitrogens is 2. The number of H-pyrrole nitrogens is 2. The standard InChI is InChI=1S/C19H18N2O3/c1-13-17(18(22)21-19(23)20-13)11-15-8-5-9-16(10-15)24-12-14-6-3-2-4-7-14/h2-10H,11-12H2,1H3,(H2,20,21,22,23). The van der Waals surface area contributed by atoms with Crippen molar-refractivity contribution in [2.45, 2.75) is 20.0 Å². The molecule has 1 heterocycles. The maximum atomic E-state index is 12.0. The second kappa shape index (κ2) is 7.00. The molecular formula is C19H18N2O3. The van der Waals surface area contributed by atoms with Crippen molar-refractivity contribution in [2.75, 3.05) is 0 Å². The Balaban J connectivity index is 1.76. The maximum absolute atomic E-state index is 12.0. The summed E-state index contributed by atoms with van der Waals surface area (Å²) in [6.07, 6.45) is 0.431. The summed E-state index contributed by atoms with van der Waals surface area (Å²) in [5.74, 6) is 0.745. The molecule has 0 radical (unpaired) electrons. The molecule has 1 aromatic heterocycles. The zero-order valence-electron chi connectivity index (χ0n) is 13.3. The highest BCUT2D eigenvalue weighted by molar-refractivity contribution is 5.33. The fraction of sp³-hybridized carbons (Fsp3) is 0.158. The van der Waals surface area contributed by atoms with Gasteiger partial charge < -0.3 is 9.72 Å². The molecule has 0 saturated carbocycles. The van der Waals surface area contributed by atoms with Gasteiger partial charge in [0, 0.05) is 17.7 Å². The van der Waals surface area contributed by atoms with E-state index in [1.165, 1.54) is 0 Å². The van der Waals surface area contributed by atoms with Crippen LogP contribution >= 0.6 is 0 Å². The fourth-order valence-electron chi connectivity index (χ4n) is 2.53. The van der Waals surface area contributed by atoms with Crippen LogP contribution in [0.25, 0.3) is 0 Å². The highest BCUT2D eigenvalue weighted by Crippen LogP contribution is 2.17. The van der Waals surface area contributed by atoms with Crippen molar-refractivity contribution in [3.63, 3.8) is 0 Å². The smallest absolute Gasteiger partial charge is 0.325 e. The van der Waals surface area contributed by atoms with Gasteiger partial charge in [-0.1, -0.05) is 42.5 Å². The van der Waals surface area contributed by atoms with Crippen molar-refractivity contribution in [2.24, 2.45) is 0 Å². The molecule has 0 aliphatic carbocycles. The Labute approximate surface area is 139 Å². The monoisotopic (exact) mass is 322 g/mol. The van der Waals surface area contributed by atoms with Gasteiger partial charge in [0.15, 0.2) is 0 Å². The van der Waals surface area contributed by atoms with Gasteiger partial charge in [0.25, 0.3) is 5.56 Å². The molecule has 0 fully saturated rings. The molecule has 2 aromatic carbocycles. The number of aryl methyl sites for hydroxylation is 1. The topological polar surface area (TPSA) is 75.0 Å². The second-order valence-electron chi connectivity index (χ2n) is 5.61. The van der Waals surface area contributed by atoms with Crippen LogP contribution in [0.15, 0.2) is 64.2 Å². The third-order valence-corrected chi connectivity index (χ3v) is 3.78. The first-order valence-electron chi connectivity index (χ1n) is 7.69. The van der Waals surface area contributed by atoms with Crippen LogP contribution in [0.5, 0.6) is 5.75 Å². The van der Waals surface area contributed by atoms with Crippen LogP contribution in [0.3, 0.4) is 0 Å². The molecular weight excluding hydrogens is 304 g/mol. The zero-order valence-corrected chi connectivity index (χ0v) is 13.3. The Morgan fingerprint density at radius 1 is 0.917 bits per heavy atom. The molecule has 0 aliphatic heterocycles. The van der Waals surface area contributed by atoms with Crippen LogP contribution in [0.4, 0.5) is 0 Å². The molecule has 0 aliphatic rings. The summed E-state index contributed by atoms with van der Waals surface area (Å²) >= 11 is 0. The lowest BCUT2D eigenvalue weighted by atomic mass is 10.0. The first-order valence-corrected chi connectivity index (χ1v) is 7.69. The first kappa shape index (κ1) is 15.8. The molecule has 0 spiro atoms.